The lowest BCUT2D eigenvalue weighted by molar-refractivity contribution is 0.280. The van der Waals surface area contributed by atoms with Crippen molar-refractivity contribution in [2.75, 3.05) is 6.54 Å². The van der Waals surface area contributed by atoms with Gasteiger partial charge in [-0.2, -0.15) is 0 Å². The topological polar surface area (TPSA) is 23.1 Å². The van der Waals surface area contributed by atoms with E-state index in [1.165, 1.54) is 0 Å². The summed E-state index contributed by atoms with van der Waals surface area (Å²) in [5.41, 5.74) is 0.773. The normalized spacial score (nSPS) is 20.9. The van der Waals surface area contributed by atoms with Crippen LogP contribution in [0, 0.1) is 0 Å². The van der Waals surface area contributed by atoms with Gasteiger partial charge in [0, 0.05) is 12.7 Å². The molecule has 0 fully saturated rings. The van der Waals surface area contributed by atoms with Crippen molar-refractivity contribution in [1.82, 2.24) is 4.90 Å². The van der Waals surface area contributed by atoms with Crippen LogP contribution in [0.4, 0.5) is 0 Å². The molecule has 0 atom stereocenters. The van der Waals surface area contributed by atoms with E-state index in [0.29, 0.717) is 0 Å². The van der Waals surface area contributed by atoms with E-state index in [1.54, 1.807) is 12.2 Å². The average Bonchev–Trinajstić information content (AvgIpc) is 2.06. The Morgan fingerprint density at radius 1 is 1.27 bits per heavy atom. The van der Waals surface area contributed by atoms with Crippen LogP contribution in [0.3, 0.4) is 0 Å². The number of fused-ring (bicyclic) bond motifs is 1. The molecule has 1 radical (unpaired) electrons. The Labute approximate surface area is 65.4 Å². The first kappa shape index (κ1) is 6.28. The maximum absolute atomic E-state index is 11.2. The molecule has 0 aliphatic carbocycles. The molecule has 55 valence electrons. The molecule has 2 aliphatic heterocycles. The van der Waals surface area contributed by atoms with Gasteiger partial charge in [-0.25, -0.2) is 0 Å². The summed E-state index contributed by atoms with van der Waals surface area (Å²) in [7, 11) is 0. The first-order valence-corrected chi connectivity index (χ1v) is 3.57. The third kappa shape index (κ3) is 0.963. The van der Waals surface area contributed by atoms with Crippen LogP contribution in [0.25, 0.3) is 0 Å². The third-order valence-electron chi connectivity index (χ3n) is 1.77. The van der Waals surface area contributed by atoms with E-state index < -0.39 is 0 Å². The second-order valence-electron chi connectivity index (χ2n) is 2.50. The summed E-state index contributed by atoms with van der Waals surface area (Å²) in [5.74, 6) is 0.0943. The highest BCUT2D eigenvalue weighted by atomic mass is 16.3. The first-order chi connectivity index (χ1) is 5.38. The van der Waals surface area contributed by atoms with Crippen LogP contribution in [-0.4, -0.2) is 11.4 Å². The SMILES string of the molecule is [O]C1=CC=CN2CC=CC=C12. The summed E-state index contributed by atoms with van der Waals surface area (Å²) in [6.45, 7) is 0.807. The van der Waals surface area contributed by atoms with Crippen molar-refractivity contribution in [3.63, 3.8) is 0 Å². The second kappa shape index (κ2) is 2.31. The van der Waals surface area contributed by atoms with Crippen LogP contribution in [0.15, 0.2) is 48.0 Å². The Bertz CT molecular complexity index is 284. The van der Waals surface area contributed by atoms with Crippen molar-refractivity contribution in [3.8, 4) is 0 Å². The van der Waals surface area contributed by atoms with Gasteiger partial charge >= 0.3 is 0 Å². The number of hydrogen-bond donors (Lipinski definition) is 0. The van der Waals surface area contributed by atoms with E-state index in [0.717, 1.165) is 12.2 Å². The van der Waals surface area contributed by atoms with Crippen molar-refractivity contribution < 1.29 is 5.11 Å². The van der Waals surface area contributed by atoms with E-state index in [9.17, 15) is 5.11 Å². The van der Waals surface area contributed by atoms with Gasteiger partial charge in [-0.3, -0.25) is 5.11 Å². The molecule has 2 heteroatoms. The fraction of sp³-hybridized carbons (Fsp3) is 0.111. The zero-order chi connectivity index (χ0) is 7.68. The van der Waals surface area contributed by atoms with E-state index in [2.05, 4.69) is 0 Å². The minimum absolute atomic E-state index is 0.0943. The number of rotatable bonds is 0. The Hall–Kier alpha value is -1.44. The molecule has 0 bridgehead atoms. The minimum atomic E-state index is 0.0943. The van der Waals surface area contributed by atoms with Gasteiger partial charge in [0.25, 0.3) is 0 Å². The molecule has 2 heterocycles. The summed E-state index contributed by atoms with van der Waals surface area (Å²) in [4.78, 5) is 1.93. The molecular weight excluding hydrogens is 138 g/mol. The second-order valence-corrected chi connectivity index (χ2v) is 2.50. The van der Waals surface area contributed by atoms with Gasteiger partial charge < -0.3 is 4.90 Å². The largest absolute Gasteiger partial charge is 0.341 e. The highest BCUT2D eigenvalue weighted by molar-refractivity contribution is 5.37. The van der Waals surface area contributed by atoms with E-state index in [4.69, 9.17) is 0 Å². The zero-order valence-electron chi connectivity index (χ0n) is 6.03. The molecule has 0 amide bonds. The van der Waals surface area contributed by atoms with Gasteiger partial charge in [0.2, 0.25) is 5.76 Å². The summed E-state index contributed by atoms with van der Waals surface area (Å²) in [5, 5.41) is 11.2. The lowest BCUT2D eigenvalue weighted by Crippen LogP contribution is -2.21. The fourth-order valence-corrected chi connectivity index (χ4v) is 1.21. The van der Waals surface area contributed by atoms with Gasteiger partial charge in [-0.1, -0.05) is 12.2 Å². The molecule has 0 aromatic heterocycles. The standard InChI is InChI=1S/C9H8NO/c11-9-5-3-7-10-6-2-1-4-8(9)10/h1-5,7H,6H2. The minimum Gasteiger partial charge on any atom is -0.341 e. The van der Waals surface area contributed by atoms with Crippen molar-refractivity contribution in [2.24, 2.45) is 0 Å². The Morgan fingerprint density at radius 3 is 3.00 bits per heavy atom. The van der Waals surface area contributed by atoms with Crippen LogP contribution >= 0.6 is 0 Å². The quantitative estimate of drug-likeness (QED) is 0.509. The molecule has 0 saturated carbocycles. The smallest absolute Gasteiger partial charge is 0.202 e. The van der Waals surface area contributed by atoms with Gasteiger partial charge in [-0.05, 0) is 18.2 Å². The molecule has 2 aliphatic rings. The Kier molecular flexibility index (Phi) is 1.32. The molecule has 0 unspecified atom stereocenters. The van der Waals surface area contributed by atoms with Gasteiger partial charge in [0.05, 0.1) is 5.70 Å². The van der Waals surface area contributed by atoms with Crippen molar-refractivity contribution in [2.45, 2.75) is 0 Å². The van der Waals surface area contributed by atoms with E-state index >= 15 is 0 Å². The van der Waals surface area contributed by atoms with Gasteiger partial charge in [0.1, 0.15) is 0 Å². The molecule has 0 aromatic carbocycles. The molecule has 0 N–H and O–H groups in total. The van der Waals surface area contributed by atoms with Crippen LogP contribution in [0.2, 0.25) is 0 Å². The number of hydrogen-bond acceptors (Lipinski definition) is 1. The van der Waals surface area contributed by atoms with Crippen molar-refractivity contribution >= 4 is 0 Å². The monoisotopic (exact) mass is 146 g/mol. The Balaban J connectivity index is 2.40. The highest BCUT2D eigenvalue weighted by Gasteiger charge is 2.15. The van der Waals surface area contributed by atoms with Gasteiger partial charge in [0.15, 0.2) is 0 Å². The summed E-state index contributed by atoms with van der Waals surface area (Å²) in [6.07, 6.45) is 11.0. The molecular formula is C9H8NO. The number of nitrogens with zero attached hydrogens (tertiary/aromatic N) is 1. The van der Waals surface area contributed by atoms with E-state index in [1.807, 2.05) is 29.3 Å². The summed E-state index contributed by atoms with van der Waals surface area (Å²) in [6, 6.07) is 0. The molecule has 11 heavy (non-hydrogen) atoms. The molecule has 0 aromatic rings. The average molecular weight is 146 g/mol. The lowest BCUT2D eigenvalue weighted by Gasteiger charge is -2.24. The third-order valence-corrected chi connectivity index (χ3v) is 1.77. The maximum Gasteiger partial charge on any atom is 0.202 e. The fourth-order valence-electron chi connectivity index (χ4n) is 1.21. The predicted octanol–water partition coefficient (Wildman–Crippen LogP) is 1.58. The predicted molar refractivity (Wildman–Crippen MR) is 41.8 cm³/mol. The van der Waals surface area contributed by atoms with Crippen molar-refractivity contribution in [3.05, 3.63) is 48.0 Å². The lowest BCUT2D eigenvalue weighted by atomic mass is 10.2. The van der Waals surface area contributed by atoms with Gasteiger partial charge in [-0.15, -0.1) is 0 Å². The summed E-state index contributed by atoms with van der Waals surface area (Å²) < 4.78 is 0. The van der Waals surface area contributed by atoms with Crippen LogP contribution in [-0.2, 0) is 5.11 Å². The molecule has 0 saturated heterocycles. The Morgan fingerprint density at radius 2 is 2.18 bits per heavy atom. The first-order valence-electron chi connectivity index (χ1n) is 3.57. The molecule has 2 rings (SSSR count). The maximum atomic E-state index is 11.2. The van der Waals surface area contributed by atoms with Crippen LogP contribution in [0.5, 0.6) is 0 Å². The summed E-state index contributed by atoms with van der Waals surface area (Å²) >= 11 is 0. The van der Waals surface area contributed by atoms with Crippen molar-refractivity contribution in [1.29, 1.82) is 0 Å². The highest BCUT2D eigenvalue weighted by Crippen LogP contribution is 2.20. The molecule has 0 spiro atoms. The molecule has 2 nitrogen and oxygen atoms in total. The zero-order valence-corrected chi connectivity index (χ0v) is 6.03. The van der Waals surface area contributed by atoms with Crippen LogP contribution < -0.4 is 0 Å². The van der Waals surface area contributed by atoms with E-state index in [-0.39, 0.29) is 5.76 Å². The van der Waals surface area contributed by atoms with Crippen LogP contribution in [0.1, 0.15) is 0 Å². The number of allylic oxidation sites excluding steroid dienone is 4.